The number of benzene rings is 2. The highest BCUT2D eigenvalue weighted by Crippen LogP contribution is 2.30. The number of rotatable bonds is 9. The minimum Gasteiger partial charge on any atom is -0.490 e. The maximum Gasteiger partial charge on any atom is 0.220 e. The van der Waals surface area contributed by atoms with Gasteiger partial charge in [0.2, 0.25) is 5.91 Å². The Hall–Kier alpha value is -2.49. The van der Waals surface area contributed by atoms with Crippen LogP contribution in [0, 0.1) is 13.8 Å². The van der Waals surface area contributed by atoms with Gasteiger partial charge in [0.1, 0.15) is 0 Å². The minimum atomic E-state index is -0.0906. The molecule has 0 saturated heterocycles. The van der Waals surface area contributed by atoms with Crippen LogP contribution in [0.3, 0.4) is 0 Å². The summed E-state index contributed by atoms with van der Waals surface area (Å²) in [5.74, 6) is 1.50. The first-order valence-corrected chi connectivity index (χ1v) is 9.69. The van der Waals surface area contributed by atoms with Crippen molar-refractivity contribution in [3.05, 3.63) is 58.7 Å². The van der Waals surface area contributed by atoms with Crippen molar-refractivity contribution in [3.63, 3.8) is 0 Å². The average Bonchev–Trinajstić information content (AvgIpc) is 2.64. The quantitative estimate of drug-likeness (QED) is 0.683. The number of aryl methyl sites for hydroxylation is 3. The van der Waals surface area contributed by atoms with Crippen molar-refractivity contribution in [3.8, 4) is 11.5 Å². The SMILES string of the molecule is CCOc1ccc([C@H](C)NC(=O)CCc2ccc(C)c(C)c2)cc1OCC. The van der Waals surface area contributed by atoms with E-state index in [-0.39, 0.29) is 11.9 Å². The highest BCUT2D eigenvalue weighted by Gasteiger charge is 2.13. The maximum atomic E-state index is 12.4. The molecule has 2 aromatic rings. The molecule has 0 unspecified atom stereocenters. The van der Waals surface area contributed by atoms with Crippen LogP contribution < -0.4 is 14.8 Å². The normalized spacial score (nSPS) is 11.7. The molecule has 1 atom stereocenters. The largest absolute Gasteiger partial charge is 0.490 e. The van der Waals surface area contributed by atoms with Crippen LogP contribution in [0.2, 0.25) is 0 Å². The molecule has 0 aliphatic rings. The van der Waals surface area contributed by atoms with E-state index in [9.17, 15) is 4.79 Å². The maximum absolute atomic E-state index is 12.4. The topological polar surface area (TPSA) is 47.6 Å². The van der Waals surface area contributed by atoms with E-state index in [1.165, 1.54) is 16.7 Å². The summed E-state index contributed by atoms with van der Waals surface area (Å²) in [7, 11) is 0. The van der Waals surface area contributed by atoms with Gasteiger partial charge in [0.25, 0.3) is 0 Å². The summed E-state index contributed by atoms with van der Waals surface area (Å²) >= 11 is 0. The number of amides is 1. The first-order valence-electron chi connectivity index (χ1n) is 9.69. The molecule has 0 heterocycles. The predicted molar refractivity (Wildman–Crippen MR) is 110 cm³/mol. The van der Waals surface area contributed by atoms with E-state index >= 15 is 0 Å². The highest BCUT2D eigenvalue weighted by atomic mass is 16.5. The molecule has 2 aromatic carbocycles. The van der Waals surface area contributed by atoms with Gasteiger partial charge in [-0.05, 0) is 75.4 Å². The van der Waals surface area contributed by atoms with Gasteiger partial charge in [-0.1, -0.05) is 24.3 Å². The summed E-state index contributed by atoms with van der Waals surface area (Å²) in [5, 5.41) is 3.08. The third kappa shape index (κ3) is 6.02. The number of hydrogen-bond donors (Lipinski definition) is 1. The second-order valence-corrected chi connectivity index (χ2v) is 6.78. The minimum absolute atomic E-state index is 0.0487. The van der Waals surface area contributed by atoms with Gasteiger partial charge in [0.15, 0.2) is 11.5 Å². The molecule has 0 aromatic heterocycles. The van der Waals surface area contributed by atoms with E-state index in [1.807, 2.05) is 39.0 Å². The molecule has 0 spiro atoms. The Morgan fingerprint density at radius 2 is 1.67 bits per heavy atom. The van der Waals surface area contributed by atoms with Crippen LogP contribution in [-0.4, -0.2) is 19.1 Å². The lowest BCUT2D eigenvalue weighted by Crippen LogP contribution is -2.26. The van der Waals surface area contributed by atoms with Crippen LogP contribution in [0.1, 0.15) is 55.5 Å². The first-order chi connectivity index (χ1) is 12.9. The van der Waals surface area contributed by atoms with Gasteiger partial charge in [-0.3, -0.25) is 4.79 Å². The second-order valence-electron chi connectivity index (χ2n) is 6.78. The van der Waals surface area contributed by atoms with E-state index in [4.69, 9.17) is 9.47 Å². The van der Waals surface area contributed by atoms with Crippen LogP contribution >= 0.6 is 0 Å². The highest BCUT2D eigenvalue weighted by molar-refractivity contribution is 5.76. The fourth-order valence-electron chi connectivity index (χ4n) is 2.95. The Morgan fingerprint density at radius 3 is 2.33 bits per heavy atom. The lowest BCUT2D eigenvalue weighted by molar-refractivity contribution is -0.121. The molecule has 1 N–H and O–H groups in total. The first kappa shape index (κ1) is 20.8. The van der Waals surface area contributed by atoms with Crippen molar-refractivity contribution < 1.29 is 14.3 Å². The molecule has 0 radical (unpaired) electrons. The van der Waals surface area contributed by atoms with Crippen LogP contribution in [0.25, 0.3) is 0 Å². The summed E-state index contributed by atoms with van der Waals surface area (Å²) in [6.45, 7) is 11.2. The van der Waals surface area contributed by atoms with E-state index < -0.39 is 0 Å². The van der Waals surface area contributed by atoms with Crippen LogP contribution in [0.15, 0.2) is 36.4 Å². The van der Waals surface area contributed by atoms with Gasteiger partial charge in [-0.2, -0.15) is 0 Å². The molecule has 1 amide bonds. The van der Waals surface area contributed by atoms with Gasteiger partial charge >= 0.3 is 0 Å². The Morgan fingerprint density at radius 1 is 0.963 bits per heavy atom. The zero-order valence-electron chi connectivity index (χ0n) is 17.1. The summed E-state index contributed by atoms with van der Waals surface area (Å²) in [6, 6.07) is 12.1. The van der Waals surface area contributed by atoms with Crippen LogP contribution in [-0.2, 0) is 11.2 Å². The molecule has 0 fully saturated rings. The Bertz CT molecular complexity index is 770. The van der Waals surface area contributed by atoms with E-state index in [2.05, 4.69) is 37.4 Å². The Balaban J connectivity index is 1.96. The van der Waals surface area contributed by atoms with Crippen LogP contribution in [0.5, 0.6) is 11.5 Å². The van der Waals surface area contributed by atoms with Gasteiger partial charge in [0, 0.05) is 6.42 Å². The van der Waals surface area contributed by atoms with E-state index in [1.54, 1.807) is 0 Å². The molecular weight excluding hydrogens is 338 g/mol. The van der Waals surface area contributed by atoms with E-state index in [0.717, 1.165) is 17.7 Å². The summed E-state index contributed by atoms with van der Waals surface area (Å²) in [5.41, 5.74) is 4.73. The average molecular weight is 370 g/mol. The van der Waals surface area contributed by atoms with Gasteiger partial charge in [-0.25, -0.2) is 0 Å². The molecule has 0 aliphatic heterocycles. The monoisotopic (exact) mass is 369 g/mol. The molecule has 4 heteroatoms. The van der Waals surface area contributed by atoms with Gasteiger partial charge in [0.05, 0.1) is 19.3 Å². The summed E-state index contributed by atoms with van der Waals surface area (Å²) in [4.78, 5) is 12.4. The molecule has 146 valence electrons. The molecule has 0 aliphatic carbocycles. The Kier molecular flexibility index (Phi) is 7.71. The molecule has 27 heavy (non-hydrogen) atoms. The third-order valence-electron chi connectivity index (χ3n) is 4.66. The molecule has 0 saturated carbocycles. The number of nitrogens with one attached hydrogen (secondary N) is 1. The zero-order valence-corrected chi connectivity index (χ0v) is 17.1. The van der Waals surface area contributed by atoms with Crippen molar-refractivity contribution in [2.75, 3.05) is 13.2 Å². The standard InChI is InChI=1S/C23H31NO3/c1-6-26-21-12-11-20(15-22(21)27-7-2)18(5)24-23(25)13-10-19-9-8-16(3)17(4)14-19/h8-9,11-12,14-15,18H,6-7,10,13H2,1-5H3,(H,24,25)/t18-/m0/s1. The molecule has 2 rings (SSSR count). The molecule has 4 nitrogen and oxygen atoms in total. The number of carbonyl (C=O) groups is 1. The Labute approximate surface area is 162 Å². The fourth-order valence-corrected chi connectivity index (χ4v) is 2.95. The molecule has 0 bridgehead atoms. The summed E-state index contributed by atoms with van der Waals surface area (Å²) < 4.78 is 11.3. The number of carbonyl (C=O) groups excluding carboxylic acids is 1. The fraction of sp³-hybridized carbons (Fsp3) is 0.435. The summed E-state index contributed by atoms with van der Waals surface area (Å²) in [6.07, 6.45) is 1.22. The van der Waals surface area contributed by atoms with Crippen molar-refractivity contribution in [1.82, 2.24) is 5.32 Å². The molecular formula is C23H31NO3. The lowest BCUT2D eigenvalue weighted by Gasteiger charge is -2.17. The smallest absolute Gasteiger partial charge is 0.220 e. The van der Waals surface area contributed by atoms with Crippen molar-refractivity contribution >= 4 is 5.91 Å². The predicted octanol–water partition coefficient (Wildman–Crippen LogP) is 4.91. The third-order valence-corrected chi connectivity index (χ3v) is 4.66. The second kappa shape index (κ2) is 10.0. The van der Waals surface area contributed by atoms with E-state index in [0.29, 0.717) is 25.4 Å². The number of ether oxygens (including phenoxy) is 2. The van der Waals surface area contributed by atoms with Crippen molar-refractivity contribution in [2.24, 2.45) is 0 Å². The van der Waals surface area contributed by atoms with Crippen molar-refractivity contribution in [2.45, 2.75) is 53.5 Å². The number of hydrogen-bond acceptors (Lipinski definition) is 3. The lowest BCUT2D eigenvalue weighted by atomic mass is 10.0. The zero-order chi connectivity index (χ0) is 19.8. The van der Waals surface area contributed by atoms with Gasteiger partial charge < -0.3 is 14.8 Å². The van der Waals surface area contributed by atoms with Crippen LogP contribution in [0.4, 0.5) is 0 Å². The van der Waals surface area contributed by atoms with Gasteiger partial charge in [-0.15, -0.1) is 0 Å². The van der Waals surface area contributed by atoms with Crippen molar-refractivity contribution in [1.29, 1.82) is 0 Å².